The van der Waals surface area contributed by atoms with Crippen LogP contribution >= 0.6 is 0 Å². The average Bonchev–Trinajstić information content (AvgIpc) is 3.11. The summed E-state index contributed by atoms with van der Waals surface area (Å²) in [6.45, 7) is 5.70. The molecule has 1 saturated carbocycles. The molecule has 1 aliphatic carbocycles. The number of carbonyl (C=O) groups excluding carboxylic acids is 1. The second-order valence-electron chi connectivity index (χ2n) is 4.55. The van der Waals surface area contributed by atoms with E-state index >= 15 is 0 Å². The minimum atomic E-state index is -0.327. The number of methoxy groups -OCH3 is 1. The molecule has 0 atom stereocenters. The first-order valence-electron chi connectivity index (χ1n) is 5.72. The fourth-order valence-corrected chi connectivity index (χ4v) is 2.07. The van der Waals surface area contributed by atoms with Crippen molar-refractivity contribution in [1.29, 1.82) is 0 Å². The molecule has 0 unspecified atom stereocenters. The highest BCUT2D eigenvalue weighted by Gasteiger charge is 2.27. The lowest BCUT2D eigenvalue weighted by molar-refractivity contribution is 0.0600. The number of rotatable bonds is 3. The fourth-order valence-electron chi connectivity index (χ4n) is 2.07. The highest BCUT2D eigenvalue weighted by atomic mass is 16.5. The second-order valence-corrected chi connectivity index (χ2v) is 4.55. The molecule has 0 amide bonds. The highest BCUT2D eigenvalue weighted by Crippen LogP contribution is 2.43. The second kappa shape index (κ2) is 4.24. The van der Waals surface area contributed by atoms with Crippen molar-refractivity contribution >= 4 is 11.7 Å². The molecular weight excluding hydrogens is 214 g/mol. The number of ether oxygens (including phenoxy) is 1. The summed E-state index contributed by atoms with van der Waals surface area (Å²) in [6, 6.07) is 3.84. The van der Waals surface area contributed by atoms with E-state index in [0.717, 1.165) is 11.1 Å². The third-order valence-corrected chi connectivity index (χ3v) is 3.16. The van der Waals surface area contributed by atoms with E-state index in [1.54, 1.807) is 6.07 Å². The van der Waals surface area contributed by atoms with Crippen molar-refractivity contribution in [2.24, 2.45) is 5.73 Å². The molecule has 0 radical (unpaired) electrons. The molecule has 0 aromatic heterocycles. The number of hydrogen-bond donors (Lipinski definition) is 1. The van der Waals surface area contributed by atoms with Gasteiger partial charge in [0.15, 0.2) is 0 Å². The van der Waals surface area contributed by atoms with Gasteiger partial charge in [-0.25, -0.2) is 4.79 Å². The van der Waals surface area contributed by atoms with Gasteiger partial charge in [0.2, 0.25) is 0 Å². The van der Waals surface area contributed by atoms with Crippen molar-refractivity contribution in [1.82, 2.24) is 0 Å². The van der Waals surface area contributed by atoms with Gasteiger partial charge in [-0.05, 0) is 42.9 Å². The molecule has 0 heterocycles. The number of hydrogen-bond acceptors (Lipinski definition) is 3. The quantitative estimate of drug-likeness (QED) is 0.813. The van der Waals surface area contributed by atoms with Crippen LogP contribution in [-0.4, -0.2) is 13.1 Å². The minimum absolute atomic E-state index is 0.327. The summed E-state index contributed by atoms with van der Waals surface area (Å²) in [7, 11) is 1.38. The molecular formula is C14H17NO2. The van der Waals surface area contributed by atoms with Gasteiger partial charge in [0.25, 0.3) is 0 Å². The van der Waals surface area contributed by atoms with Gasteiger partial charge in [0.05, 0.1) is 12.7 Å². The number of nitrogens with two attached hydrogens (primary N) is 1. The van der Waals surface area contributed by atoms with Crippen LogP contribution in [-0.2, 0) is 4.74 Å². The van der Waals surface area contributed by atoms with E-state index in [1.807, 2.05) is 13.0 Å². The van der Waals surface area contributed by atoms with E-state index in [1.165, 1.54) is 25.5 Å². The number of benzene rings is 1. The topological polar surface area (TPSA) is 52.3 Å². The first-order chi connectivity index (χ1) is 8.04. The zero-order valence-electron chi connectivity index (χ0n) is 10.2. The predicted molar refractivity (Wildman–Crippen MR) is 67.7 cm³/mol. The Balaban J connectivity index is 2.54. The van der Waals surface area contributed by atoms with Crippen molar-refractivity contribution in [3.8, 4) is 0 Å². The zero-order valence-corrected chi connectivity index (χ0v) is 10.2. The molecule has 0 bridgehead atoms. The molecule has 1 aromatic carbocycles. The summed E-state index contributed by atoms with van der Waals surface area (Å²) in [5.41, 5.74) is 9.91. The molecule has 1 aromatic rings. The van der Waals surface area contributed by atoms with Gasteiger partial charge in [-0.2, -0.15) is 0 Å². The van der Waals surface area contributed by atoms with E-state index in [0.29, 0.717) is 17.2 Å². The lowest BCUT2D eigenvalue weighted by Crippen LogP contribution is -2.08. The molecule has 1 aliphatic rings. The number of carbonyl (C=O) groups is 1. The maximum Gasteiger partial charge on any atom is 0.338 e. The van der Waals surface area contributed by atoms with Gasteiger partial charge in [-0.3, -0.25) is 0 Å². The maximum absolute atomic E-state index is 11.6. The highest BCUT2D eigenvalue weighted by molar-refractivity contribution is 5.92. The molecule has 0 spiro atoms. The van der Waals surface area contributed by atoms with Gasteiger partial charge >= 0.3 is 5.97 Å². The molecule has 2 N–H and O–H groups in total. The molecule has 0 saturated heterocycles. The molecule has 3 nitrogen and oxygen atoms in total. The Hall–Kier alpha value is -1.77. The van der Waals surface area contributed by atoms with E-state index < -0.39 is 0 Å². The Labute approximate surface area is 101 Å². The Bertz CT molecular complexity index is 487. The fraction of sp³-hybridized carbons (Fsp3) is 0.357. The van der Waals surface area contributed by atoms with Crippen LogP contribution in [0, 0.1) is 6.92 Å². The first-order valence-corrected chi connectivity index (χ1v) is 5.72. The van der Waals surface area contributed by atoms with Gasteiger partial charge in [-0.15, -0.1) is 0 Å². The van der Waals surface area contributed by atoms with Crippen LogP contribution in [0.15, 0.2) is 18.7 Å². The van der Waals surface area contributed by atoms with Crippen LogP contribution in [0.4, 0.5) is 0 Å². The number of aryl methyl sites for hydroxylation is 1. The van der Waals surface area contributed by atoms with Gasteiger partial charge in [0.1, 0.15) is 0 Å². The van der Waals surface area contributed by atoms with Crippen molar-refractivity contribution in [2.75, 3.05) is 7.11 Å². The molecule has 1 fully saturated rings. The summed E-state index contributed by atoms with van der Waals surface area (Å²) < 4.78 is 4.76. The van der Waals surface area contributed by atoms with E-state index in [2.05, 4.69) is 6.58 Å². The van der Waals surface area contributed by atoms with E-state index in [9.17, 15) is 4.79 Å². The zero-order chi connectivity index (χ0) is 12.6. The standard InChI is InChI=1S/C14H17NO2/c1-8-6-13(10-4-5-10)12(9(2)15)7-11(8)14(16)17-3/h6-7,10H,2,4-5,15H2,1,3H3. The van der Waals surface area contributed by atoms with Crippen molar-refractivity contribution in [3.05, 3.63) is 41.0 Å². The summed E-state index contributed by atoms with van der Waals surface area (Å²) in [6.07, 6.45) is 2.38. The van der Waals surface area contributed by atoms with Crippen LogP contribution in [0.2, 0.25) is 0 Å². The van der Waals surface area contributed by atoms with Gasteiger partial charge in [-0.1, -0.05) is 12.6 Å². The Morgan fingerprint density at radius 3 is 2.53 bits per heavy atom. The smallest absolute Gasteiger partial charge is 0.338 e. The van der Waals surface area contributed by atoms with Crippen LogP contribution in [0.1, 0.15) is 45.8 Å². The summed E-state index contributed by atoms with van der Waals surface area (Å²) in [5, 5.41) is 0. The molecule has 2 rings (SSSR count). The third kappa shape index (κ3) is 2.18. The molecule has 90 valence electrons. The Morgan fingerprint density at radius 2 is 2.06 bits per heavy atom. The molecule has 17 heavy (non-hydrogen) atoms. The molecule has 3 heteroatoms. The maximum atomic E-state index is 11.6. The summed E-state index contributed by atoms with van der Waals surface area (Å²) in [4.78, 5) is 11.6. The van der Waals surface area contributed by atoms with Crippen LogP contribution < -0.4 is 5.73 Å². The van der Waals surface area contributed by atoms with Crippen LogP contribution in [0.25, 0.3) is 5.70 Å². The van der Waals surface area contributed by atoms with Crippen LogP contribution in [0.5, 0.6) is 0 Å². The van der Waals surface area contributed by atoms with Crippen LogP contribution in [0.3, 0.4) is 0 Å². The largest absolute Gasteiger partial charge is 0.465 e. The Kier molecular flexibility index (Phi) is 2.92. The summed E-state index contributed by atoms with van der Waals surface area (Å²) in [5.74, 6) is 0.253. The molecule has 0 aliphatic heterocycles. The van der Waals surface area contributed by atoms with Crippen molar-refractivity contribution in [2.45, 2.75) is 25.7 Å². The van der Waals surface area contributed by atoms with Crippen molar-refractivity contribution < 1.29 is 9.53 Å². The summed E-state index contributed by atoms with van der Waals surface area (Å²) >= 11 is 0. The Morgan fingerprint density at radius 1 is 1.41 bits per heavy atom. The van der Waals surface area contributed by atoms with E-state index in [-0.39, 0.29) is 5.97 Å². The SMILES string of the molecule is C=C(N)c1cc(C(=O)OC)c(C)cc1C1CC1. The lowest BCUT2D eigenvalue weighted by atomic mass is 9.95. The predicted octanol–water partition coefficient (Wildman–Crippen LogP) is 2.59. The first kappa shape index (κ1) is 11.7. The van der Waals surface area contributed by atoms with Crippen molar-refractivity contribution in [3.63, 3.8) is 0 Å². The van der Waals surface area contributed by atoms with E-state index in [4.69, 9.17) is 10.5 Å². The minimum Gasteiger partial charge on any atom is -0.465 e. The lowest BCUT2D eigenvalue weighted by Gasteiger charge is -2.13. The average molecular weight is 231 g/mol. The number of esters is 1. The normalized spacial score (nSPS) is 14.5. The van der Waals surface area contributed by atoms with Gasteiger partial charge in [0, 0.05) is 11.3 Å². The van der Waals surface area contributed by atoms with Gasteiger partial charge < -0.3 is 10.5 Å². The third-order valence-electron chi connectivity index (χ3n) is 3.16. The monoisotopic (exact) mass is 231 g/mol.